The van der Waals surface area contributed by atoms with Crippen molar-refractivity contribution in [1.82, 2.24) is 5.32 Å². The van der Waals surface area contributed by atoms with Gasteiger partial charge in [0.15, 0.2) is 0 Å². The normalized spacial score (nSPS) is 11.8. The van der Waals surface area contributed by atoms with Gasteiger partial charge in [-0.3, -0.25) is 4.79 Å². The Labute approximate surface area is 120 Å². The second kappa shape index (κ2) is 6.63. The van der Waals surface area contributed by atoms with Gasteiger partial charge in [0.25, 0.3) is 0 Å². The van der Waals surface area contributed by atoms with Crippen LogP contribution in [0.4, 0.5) is 10.5 Å². The molecule has 0 saturated carbocycles. The van der Waals surface area contributed by atoms with Gasteiger partial charge in [-0.15, -0.1) is 0 Å². The second-order valence-electron chi connectivity index (χ2n) is 4.13. The first-order valence-corrected chi connectivity index (χ1v) is 6.30. The van der Waals surface area contributed by atoms with Crippen molar-refractivity contribution in [2.24, 2.45) is 5.92 Å². The summed E-state index contributed by atoms with van der Waals surface area (Å²) in [7, 11) is 0. The van der Waals surface area contributed by atoms with E-state index in [-0.39, 0.29) is 6.54 Å². The lowest BCUT2D eigenvalue weighted by molar-refractivity contribution is -0.140. The predicted octanol–water partition coefficient (Wildman–Crippen LogP) is 3.14. The Morgan fingerprint density at radius 2 is 2.00 bits per heavy atom. The summed E-state index contributed by atoms with van der Waals surface area (Å²) in [5.74, 6) is -1.65. The lowest BCUT2D eigenvalue weighted by atomic mass is 10.2. The van der Waals surface area contributed by atoms with Crippen molar-refractivity contribution in [3.63, 3.8) is 0 Å². The fourth-order valence-electron chi connectivity index (χ4n) is 1.26. The molecule has 7 heteroatoms. The van der Waals surface area contributed by atoms with Gasteiger partial charge in [-0.05, 0) is 18.6 Å². The molecule has 0 spiro atoms. The summed E-state index contributed by atoms with van der Waals surface area (Å²) >= 11 is 12.0. The van der Waals surface area contributed by atoms with Gasteiger partial charge in [-0.25, -0.2) is 4.79 Å². The molecule has 0 aromatic heterocycles. The van der Waals surface area contributed by atoms with Crippen molar-refractivity contribution in [1.29, 1.82) is 0 Å². The van der Waals surface area contributed by atoms with Gasteiger partial charge >= 0.3 is 12.0 Å². The predicted molar refractivity (Wildman–Crippen MR) is 75.0 cm³/mol. The third kappa shape index (κ3) is 4.29. The number of rotatable bonds is 4. The molecule has 0 saturated heterocycles. The number of hydrogen-bond donors (Lipinski definition) is 3. The highest BCUT2D eigenvalue weighted by Gasteiger charge is 2.14. The number of carbonyl (C=O) groups is 2. The lowest BCUT2D eigenvalue weighted by Gasteiger charge is -2.13. The molecule has 0 fully saturated rings. The van der Waals surface area contributed by atoms with Gasteiger partial charge in [0, 0.05) is 6.54 Å². The maximum atomic E-state index is 11.6. The number of carbonyl (C=O) groups excluding carboxylic acids is 1. The van der Waals surface area contributed by atoms with E-state index in [1.54, 1.807) is 19.1 Å². The van der Waals surface area contributed by atoms with E-state index in [9.17, 15) is 9.59 Å². The number of aliphatic carboxylic acids is 1. The van der Waals surface area contributed by atoms with E-state index in [1.165, 1.54) is 6.92 Å². The second-order valence-corrected chi connectivity index (χ2v) is 4.91. The zero-order chi connectivity index (χ0) is 14.6. The molecule has 0 radical (unpaired) electrons. The van der Waals surface area contributed by atoms with Gasteiger partial charge in [-0.2, -0.15) is 0 Å². The van der Waals surface area contributed by atoms with Crippen LogP contribution < -0.4 is 10.6 Å². The summed E-state index contributed by atoms with van der Waals surface area (Å²) in [4.78, 5) is 22.2. The molecule has 1 aromatic carbocycles. The molecule has 1 atom stereocenters. The fraction of sp³-hybridized carbons (Fsp3) is 0.333. The summed E-state index contributed by atoms with van der Waals surface area (Å²) in [5.41, 5.74) is 1.09. The summed E-state index contributed by atoms with van der Waals surface area (Å²) in [6.07, 6.45) is 0. The van der Waals surface area contributed by atoms with E-state index < -0.39 is 17.9 Å². The lowest BCUT2D eigenvalue weighted by Crippen LogP contribution is -2.34. The zero-order valence-electron chi connectivity index (χ0n) is 10.5. The Balaban J connectivity index is 2.68. The quantitative estimate of drug-likeness (QED) is 0.799. The van der Waals surface area contributed by atoms with Gasteiger partial charge in [0.1, 0.15) is 0 Å². The monoisotopic (exact) mass is 304 g/mol. The van der Waals surface area contributed by atoms with Crippen LogP contribution in [0.25, 0.3) is 0 Å². The molecule has 1 unspecified atom stereocenters. The maximum Gasteiger partial charge on any atom is 0.319 e. The highest BCUT2D eigenvalue weighted by molar-refractivity contribution is 6.40. The first kappa shape index (κ1) is 15.6. The number of aryl methyl sites for hydroxylation is 1. The van der Waals surface area contributed by atoms with Crippen molar-refractivity contribution in [3.8, 4) is 0 Å². The number of carboxylic acid groups (broad SMARTS) is 1. The van der Waals surface area contributed by atoms with Crippen LogP contribution in [0.15, 0.2) is 12.1 Å². The van der Waals surface area contributed by atoms with Crippen LogP contribution in [-0.2, 0) is 4.79 Å². The molecule has 0 bridgehead atoms. The van der Waals surface area contributed by atoms with Gasteiger partial charge in [0.2, 0.25) is 0 Å². The number of hydrogen-bond acceptors (Lipinski definition) is 2. The minimum Gasteiger partial charge on any atom is -0.481 e. The van der Waals surface area contributed by atoms with E-state index >= 15 is 0 Å². The van der Waals surface area contributed by atoms with Crippen molar-refractivity contribution >= 4 is 40.9 Å². The summed E-state index contributed by atoms with van der Waals surface area (Å²) in [6, 6.07) is 2.81. The third-order valence-corrected chi connectivity index (χ3v) is 3.32. The van der Waals surface area contributed by atoms with Crippen LogP contribution in [0.3, 0.4) is 0 Å². The Morgan fingerprint density at radius 1 is 1.37 bits per heavy atom. The van der Waals surface area contributed by atoms with E-state index in [0.717, 1.165) is 5.56 Å². The van der Waals surface area contributed by atoms with Gasteiger partial charge in [-0.1, -0.05) is 36.2 Å². The molecule has 0 aliphatic heterocycles. The smallest absolute Gasteiger partial charge is 0.319 e. The molecule has 2 amide bonds. The zero-order valence-corrected chi connectivity index (χ0v) is 12.0. The van der Waals surface area contributed by atoms with Crippen molar-refractivity contribution in [2.45, 2.75) is 13.8 Å². The van der Waals surface area contributed by atoms with E-state index in [4.69, 9.17) is 28.3 Å². The largest absolute Gasteiger partial charge is 0.481 e. The SMILES string of the molecule is Cc1ccc(Cl)c(NC(=O)NCC(C)C(=O)O)c1Cl. The first-order chi connectivity index (χ1) is 8.82. The van der Waals surface area contributed by atoms with Crippen LogP contribution in [-0.4, -0.2) is 23.7 Å². The highest BCUT2D eigenvalue weighted by atomic mass is 35.5. The standard InChI is InChI=1S/C12H14Cl2N2O3/c1-6-3-4-8(13)10(9(6)14)16-12(19)15-5-7(2)11(17)18/h3-4,7H,5H2,1-2H3,(H,17,18)(H2,15,16,19). The summed E-state index contributed by atoms with van der Waals surface area (Å²) in [6.45, 7) is 3.30. The Kier molecular flexibility index (Phi) is 5.44. The Hall–Kier alpha value is -1.46. The van der Waals surface area contributed by atoms with Gasteiger partial charge < -0.3 is 15.7 Å². The minimum absolute atomic E-state index is 0.0161. The average molecular weight is 305 g/mol. The number of urea groups is 1. The van der Waals surface area contributed by atoms with Crippen LogP contribution in [0, 0.1) is 12.8 Å². The van der Waals surface area contributed by atoms with Crippen LogP contribution in [0.5, 0.6) is 0 Å². The molecule has 19 heavy (non-hydrogen) atoms. The van der Waals surface area contributed by atoms with Gasteiger partial charge in [0.05, 0.1) is 21.7 Å². The molecule has 1 aromatic rings. The molecule has 0 aliphatic carbocycles. The molecule has 0 heterocycles. The summed E-state index contributed by atoms with van der Waals surface area (Å²) < 4.78 is 0. The maximum absolute atomic E-state index is 11.6. The third-order valence-electron chi connectivity index (χ3n) is 2.51. The van der Waals surface area contributed by atoms with Crippen LogP contribution in [0.1, 0.15) is 12.5 Å². The van der Waals surface area contributed by atoms with Crippen LogP contribution in [0.2, 0.25) is 10.0 Å². The molecular formula is C12H14Cl2N2O3. The Morgan fingerprint density at radius 3 is 2.58 bits per heavy atom. The van der Waals surface area contributed by atoms with E-state index in [0.29, 0.717) is 15.7 Å². The number of benzene rings is 1. The summed E-state index contributed by atoms with van der Waals surface area (Å²) in [5, 5.41) is 14.3. The van der Waals surface area contributed by atoms with E-state index in [2.05, 4.69) is 10.6 Å². The van der Waals surface area contributed by atoms with Crippen LogP contribution >= 0.6 is 23.2 Å². The molecular weight excluding hydrogens is 291 g/mol. The fourth-order valence-corrected chi connectivity index (χ4v) is 1.73. The number of nitrogens with one attached hydrogen (secondary N) is 2. The first-order valence-electron chi connectivity index (χ1n) is 5.55. The van der Waals surface area contributed by atoms with Crippen molar-refractivity contribution < 1.29 is 14.7 Å². The van der Waals surface area contributed by atoms with Crippen molar-refractivity contribution in [3.05, 3.63) is 27.7 Å². The number of amides is 2. The Bertz CT molecular complexity index is 506. The highest BCUT2D eigenvalue weighted by Crippen LogP contribution is 2.32. The molecule has 104 valence electrons. The minimum atomic E-state index is -0.980. The number of halogens is 2. The molecule has 1 rings (SSSR count). The number of anilines is 1. The average Bonchev–Trinajstić information content (AvgIpc) is 2.36. The topological polar surface area (TPSA) is 78.4 Å². The number of carboxylic acids is 1. The molecule has 0 aliphatic rings. The van der Waals surface area contributed by atoms with Crippen molar-refractivity contribution in [2.75, 3.05) is 11.9 Å². The molecule has 5 nitrogen and oxygen atoms in total. The van der Waals surface area contributed by atoms with E-state index in [1.807, 2.05) is 0 Å². The molecule has 3 N–H and O–H groups in total.